The van der Waals surface area contributed by atoms with Crippen LogP contribution in [0.15, 0.2) is 47.6 Å². The van der Waals surface area contributed by atoms with Gasteiger partial charge >= 0.3 is 0 Å². The van der Waals surface area contributed by atoms with Crippen LogP contribution in [0.2, 0.25) is 0 Å². The van der Waals surface area contributed by atoms with Gasteiger partial charge in [-0.25, -0.2) is 30.5 Å². The first-order chi connectivity index (χ1) is 17.2. The Balaban J connectivity index is 1.40. The highest BCUT2D eigenvalue weighted by molar-refractivity contribution is 7.90. The first kappa shape index (κ1) is 23.5. The standard InChI is InChI=1S/C23H27N7O4S2/c1-3-28-14-16(27-35(31,32)17-8-9-17)12-20(28)23-26-25-21-13-24-22-19(30(21)23)10-11-29(22)36(33,34)18-6-4-15(2)5-7-18/h4-7,10-11,13,16-17,20,27H,3,8-9,12,14H2,1-2H3/t16-,20-/m1/s1. The highest BCUT2D eigenvalue weighted by Crippen LogP contribution is 2.34. The zero-order valence-electron chi connectivity index (χ0n) is 19.9. The van der Waals surface area contributed by atoms with E-state index in [1.807, 2.05) is 18.2 Å². The second kappa shape index (κ2) is 8.33. The van der Waals surface area contributed by atoms with E-state index in [2.05, 4.69) is 24.8 Å². The molecule has 1 N–H and O–H groups in total. The second-order valence-electron chi connectivity index (χ2n) is 9.55. The van der Waals surface area contributed by atoms with Crippen LogP contribution in [-0.4, -0.2) is 69.7 Å². The Hall–Kier alpha value is -2.87. The minimum Gasteiger partial charge on any atom is -0.292 e. The van der Waals surface area contributed by atoms with E-state index < -0.39 is 20.0 Å². The van der Waals surface area contributed by atoms with Crippen LogP contribution >= 0.6 is 0 Å². The topological polar surface area (TPSA) is 132 Å². The normalized spacial score (nSPS) is 21.6. The third kappa shape index (κ3) is 3.81. The number of aryl methyl sites for hydroxylation is 1. The molecule has 2 atom stereocenters. The van der Waals surface area contributed by atoms with Crippen molar-refractivity contribution in [3.8, 4) is 0 Å². The van der Waals surface area contributed by atoms with Crippen LogP contribution in [0.5, 0.6) is 0 Å². The highest BCUT2D eigenvalue weighted by atomic mass is 32.2. The number of hydrogen-bond acceptors (Lipinski definition) is 8. The molecule has 0 bridgehead atoms. The molecule has 13 heteroatoms. The summed E-state index contributed by atoms with van der Waals surface area (Å²) in [5, 5.41) is 8.45. The summed E-state index contributed by atoms with van der Waals surface area (Å²) in [7, 11) is -7.17. The molecule has 1 aliphatic carbocycles. The lowest BCUT2D eigenvalue weighted by atomic mass is 10.1. The summed E-state index contributed by atoms with van der Waals surface area (Å²) in [5.41, 5.74) is 2.31. The second-order valence-corrected chi connectivity index (χ2v) is 13.4. The molecule has 6 rings (SSSR count). The van der Waals surface area contributed by atoms with E-state index in [0.717, 1.165) is 5.56 Å². The lowest BCUT2D eigenvalue weighted by molar-refractivity contribution is 0.260. The molecule has 36 heavy (non-hydrogen) atoms. The zero-order chi connectivity index (χ0) is 25.2. The SMILES string of the molecule is CCN1C[C@H](NS(=O)(=O)C2CC2)C[C@@H]1c1nnc2cnc3c(ccn3S(=O)(=O)c3ccc(C)cc3)n12. The van der Waals surface area contributed by atoms with Gasteiger partial charge in [-0.3, -0.25) is 9.30 Å². The van der Waals surface area contributed by atoms with E-state index in [9.17, 15) is 16.8 Å². The average molecular weight is 530 g/mol. The van der Waals surface area contributed by atoms with Gasteiger partial charge in [-0.15, -0.1) is 10.2 Å². The molecule has 1 aliphatic heterocycles. The number of nitrogens with one attached hydrogen (secondary N) is 1. The van der Waals surface area contributed by atoms with E-state index in [4.69, 9.17) is 0 Å². The minimum atomic E-state index is -3.86. The summed E-state index contributed by atoms with van der Waals surface area (Å²) in [6.07, 6.45) is 4.98. The van der Waals surface area contributed by atoms with Crippen LogP contribution in [0.4, 0.5) is 0 Å². The Morgan fingerprint density at radius 1 is 1.06 bits per heavy atom. The van der Waals surface area contributed by atoms with Crippen molar-refractivity contribution >= 4 is 36.9 Å². The molecule has 4 heterocycles. The molecule has 2 aliphatic rings. The summed E-state index contributed by atoms with van der Waals surface area (Å²) in [4.78, 5) is 6.75. The predicted octanol–water partition coefficient (Wildman–Crippen LogP) is 1.84. The first-order valence-electron chi connectivity index (χ1n) is 12.0. The molecule has 0 amide bonds. The number of sulfonamides is 1. The fourth-order valence-electron chi connectivity index (χ4n) is 5.00. The maximum atomic E-state index is 13.4. The number of likely N-dealkylation sites (tertiary alicyclic amines) is 1. The quantitative estimate of drug-likeness (QED) is 0.384. The molecule has 190 valence electrons. The van der Waals surface area contributed by atoms with Crippen molar-refractivity contribution in [2.24, 2.45) is 0 Å². The molecular formula is C23H27N7O4S2. The van der Waals surface area contributed by atoms with Crippen LogP contribution < -0.4 is 4.72 Å². The van der Waals surface area contributed by atoms with Crippen LogP contribution in [0.1, 0.15) is 43.6 Å². The van der Waals surface area contributed by atoms with E-state index in [-0.39, 0.29) is 27.9 Å². The summed E-state index contributed by atoms with van der Waals surface area (Å²) < 4.78 is 57.7. The number of benzene rings is 1. The largest absolute Gasteiger partial charge is 0.292 e. The van der Waals surface area contributed by atoms with Crippen molar-refractivity contribution in [3.63, 3.8) is 0 Å². The predicted molar refractivity (Wildman–Crippen MR) is 134 cm³/mol. The number of fused-ring (bicyclic) bond motifs is 3. The van der Waals surface area contributed by atoms with Gasteiger partial charge in [-0.2, -0.15) is 0 Å². The van der Waals surface area contributed by atoms with Gasteiger partial charge < -0.3 is 0 Å². The van der Waals surface area contributed by atoms with Gasteiger partial charge in [0, 0.05) is 18.8 Å². The van der Waals surface area contributed by atoms with Crippen molar-refractivity contribution in [3.05, 3.63) is 54.1 Å². The molecule has 11 nitrogen and oxygen atoms in total. The maximum Gasteiger partial charge on any atom is 0.269 e. The average Bonchev–Trinajstić information content (AvgIpc) is 3.31. The summed E-state index contributed by atoms with van der Waals surface area (Å²) in [5.74, 6) is 0.637. The van der Waals surface area contributed by atoms with Crippen LogP contribution in [-0.2, 0) is 20.0 Å². The van der Waals surface area contributed by atoms with Crippen molar-refractivity contribution in [2.45, 2.75) is 55.3 Å². The molecule has 3 aromatic heterocycles. The van der Waals surface area contributed by atoms with Crippen molar-refractivity contribution < 1.29 is 16.8 Å². The van der Waals surface area contributed by atoms with Gasteiger partial charge in [-0.1, -0.05) is 24.6 Å². The van der Waals surface area contributed by atoms with Crippen molar-refractivity contribution in [1.29, 1.82) is 0 Å². The number of nitrogens with zero attached hydrogens (tertiary/aromatic N) is 6. The Morgan fingerprint density at radius 3 is 2.50 bits per heavy atom. The van der Waals surface area contributed by atoms with Gasteiger partial charge in [0.05, 0.1) is 27.9 Å². The molecule has 4 aromatic rings. The van der Waals surface area contributed by atoms with Crippen molar-refractivity contribution in [2.75, 3.05) is 13.1 Å². The first-order valence-corrected chi connectivity index (χ1v) is 15.0. The third-order valence-corrected chi connectivity index (χ3v) is 10.7. The molecule has 1 saturated heterocycles. The molecule has 2 fully saturated rings. The minimum absolute atomic E-state index is 0.176. The third-order valence-electron chi connectivity index (χ3n) is 7.04. The molecule has 0 spiro atoms. The van der Waals surface area contributed by atoms with Gasteiger partial charge in [-0.05, 0) is 50.9 Å². The number of likely N-dealkylation sites (N-methyl/N-ethyl adjacent to an activating group) is 1. The Labute approximate surface area is 209 Å². The van der Waals surface area contributed by atoms with Crippen LogP contribution in [0, 0.1) is 6.92 Å². The van der Waals surface area contributed by atoms with Gasteiger partial charge in [0.15, 0.2) is 17.1 Å². The summed E-state index contributed by atoms with van der Waals surface area (Å²) in [6.45, 7) is 5.20. The Morgan fingerprint density at radius 2 is 1.81 bits per heavy atom. The lowest BCUT2D eigenvalue weighted by Crippen LogP contribution is -2.38. The zero-order valence-corrected chi connectivity index (χ0v) is 21.6. The monoisotopic (exact) mass is 529 g/mol. The lowest BCUT2D eigenvalue weighted by Gasteiger charge is -2.21. The summed E-state index contributed by atoms with van der Waals surface area (Å²) >= 11 is 0. The number of hydrogen-bond donors (Lipinski definition) is 1. The van der Waals surface area contributed by atoms with Gasteiger partial charge in [0.25, 0.3) is 10.0 Å². The molecule has 1 saturated carbocycles. The van der Waals surface area contributed by atoms with Gasteiger partial charge in [0.1, 0.15) is 0 Å². The molecule has 0 unspecified atom stereocenters. The maximum absolute atomic E-state index is 13.4. The number of aromatic nitrogens is 5. The fraction of sp³-hybridized carbons (Fsp3) is 0.435. The summed E-state index contributed by atoms with van der Waals surface area (Å²) in [6, 6.07) is 7.98. The number of rotatable bonds is 7. The van der Waals surface area contributed by atoms with E-state index >= 15 is 0 Å². The smallest absolute Gasteiger partial charge is 0.269 e. The molecular weight excluding hydrogens is 502 g/mol. The fourth-order valence-corrected chi connectivity index (χ4v) is 7.88. The van der Waals surface area contributed by atoms with E-state index in [0.29, 0.717) is 49.3 Å². The van der Waals surface area contributed by atoms with Gasteiger partial charge in [0.2, 0.25) is 10.0 Å². The molecule has 0 radical (unpaired) electrons. The van der Waals surface area contributed by atoms with Crippen LogP contribution in [0.3, 0.4) is 0 Å². The Kier molecular flexibility index (Phi) is 5.44. The molecule has 1 aromatic carbocycles. The highest BCUT2D eigenvalue weighted by Gasteiger charge is 2.41. The van der Waals surface area contributed by atoms with Crippen molar-refractivity contribution in [1.82, 2.24) is 33.2 Å². The van der Waals surface area contributed by atoms with Crippen LogP contribution in [0.25, 0.3) is 16.8 Å². The van der Waals surface area contributed by atoms with E-state index in [1.54, 1.807) is 30.3 Å². The van der Waals surface area contributed by atoms with E-state index in [1.165, 1.54) is 16.4 Å². The Bertz CT molecular complexity index is 1670.